The maximum absolute atomic E-state index is 9.99. The highest BCUT2D eigenvalue weighted by atomic mass is 16.5. The summed E-state index contributed by atoms with van der Waals surface area (Å²) >= 11 is 0. The van der Waals surface area contributed by atoms with Crippen LogP contribution in [0.1, 0.15) is 39.5 Å². The molecule has 0 bridgehead atoms. The van der Waals surface area contributed by atoms with Crippen molar-refractivity contribution in [3.63, 3.8) is 0 Å². The molecule has 1 fully saturated rings. The fourth-order valence-corrected chi connectivity index (χ4v) is 2.46. The van der Waals surface area contributed by atoms with Crippen LogP contribution in [-0.4, -0.2) is 45.9 Å². The number of ether oxygens (including phenoxy) is 1. The second-order valence-electron chi connectivity index (χ2n) is 5.67. The van der Waals surface area contributed by atoms with Crippen molar-refractivity contribution in [1.29, 1.82) is 0 Å². The van der Waals surface area contributed by atoms with Crippen molar-refractivity contribution < 1.29 is 9.84 Å². The highest BCUT2D eigenvalue weighted by molar-refractivity contribution is 5.35. The first kappa shape index (κ1) is 15.8. The van der Waals surface area contributed by atoms with E-state index in [1.54, 1.807) is 7.05 Å². The van der Waals surface area contributed by atoms with Crippen LogP contribution in [0.3, 0.4) is 0 Å². The van der Waals surface area contributed by atoms with Gasteiger partial charge in [0, 0.05) is 19.5 Å². The van der Waals surface area contributed by atoms with Gasteiger partial charge in [-0.05, 0) is 26.7 Å². The van der Waals surface area contributed by atoms with Gasteiger partial charge >= 0.3 is 6.01 Å². The lowest BCUT2D eigenvalue weighted by Crippen LogP contribution is -2.30. The Labute approximate surface area is 125 Å². The van der Waals surface area contributed by atoms with Crippen LogP contribution in [0.2, 0.25) is 0 Å². The minimum atomic E-state index is -0.233. The van der Waals surface area contributed by atoms with Gasteiger partial charge in [0.1, 0.15) is 0 Å². The van der Waals surface area contributed by atoms with Crippen molar-refractivity contribution in [3.8, 4) is 6.01 Å². The van der Waals surface area contributed by atoms with E-state index in [0.29, 0.717) is 24.5 Å². The first-order chi connectivity index (χ1) is 10.1. The lowest BCUT2D eigenvalue weighted by molar-refractivity contribution is 0.0762. The smallest absolute Gasteiger partial charge is 0.323 e. The summed E-state index contributed by atoms with van der Waals surface area (Å²) in [5.74, 6) is 1.19. The second kappa shape index (κ2) is 7.40. The molecule has 3 N–H and O–H groups in total. The maximum atomic E-state index is 9.99. The molecule has 1 heterocycles. The Balaban J connectivity index is 2.00. The molecule has 118 valence electrons. The highest BCUT2D eigenvalue weighted by Gasteiger charge is 2.23. The van der Waals surface area contributed by atoms with Crippen molar-refractivity contribution in [3.05, 3.63) is 0 Å². The third kappa shape index (κ3) is 4.70. The molecule has 1 aromatic heterocycles. The molecular formula is C14H25N5O2. The van der Waals surface area contributed by atoms with E-state index < -0.39 is 0 Å². The molecule has 1 aliphatic rings. The summed E-state index contributed by atoms with van der Waals surface area (Å²) in [6.45, 7) is 4.51. The molecule has 0 saturated heterocycles. The highest BCUT2D eigenvalue weighted by Crippen LogP contribution is 2.24. The number of hydrogen-bond acceptors (Lipinski definition) is 7. The largest absolute Gasteiger partial charge is 0.461 e. The molecule has 0 amide bonds. The number of aromatic nitrogens is 3. The predicted molar refractivity (Wildman–Crippen MR) is 81.6 cm³/mol. The quantitative estimate of drug-likeness (QED) is 0.735. The average Bonchev–Trinajstić information content (AvgIpc) is 2.45. The number of nitrogens with zero attached hydrogens (tertiary/aromatic N) is 3. The minimum Gasteiger partial charge on any atom is -0.461 e. The van der Waals surface area contributed by atoms with Gasteiger partial charge in [-0.1, -0.05) is 12.8 Å². The number of aliphatic hydroxyl groups is 1. The van der Waals surface area contributed by atoms with E-state index in [1.807, 2.05) is 13.8 Å². The Hall–Kier alpha value is -1.63. The Morgan fingerprint density at radius 1 is 1.19 bits per heavy atom. The SMILES string of the molecule is CNc1nc(NCC2CCCCC2O)nc(OC(C)C)n1. The van der Waals surface area contributed by atoms with Gasteiger partial charge in [0.15, 0.2) is 0 Å². The van der Waals surface area contributed by atoms with Gasteiger partial charge in [-0.15, -0.1) is 0 Å². The third-order valence-electron chi connectivity index (χ3n) is 3.57. The van der Waals surface area contributed by atoms with Gasteiger partial charge < -0.3 is 20.5 Å². The van der Waals surface area contributed by atoms with Gasteiger partial charge in [0.25, 0.3) is 0 Å². The summed E-state index contributed by atoms with van der Waals surface area (Å²) in [5, 5.41) is 16.1. The summed E-state index contributed by atoms with van der Waals surface area (Å²) in [6, 6.07) is 0.302. The fourth-order valence-electron chi connectivity index (χ4n) is 2.46. The lowest BCUT2D eigenvalue weighted by Gasteiger charge is -2.27. The molecule has 0 aromatic carbocycles. The summed E-state index contributed by atoms with van der Waals surface area (Å²) in [7, 11) is 1.75. The van der Waals surface area contributed by atoms with Gasteiger partial charge in [-0.3, -0.25) is 0 Å². The second-order valence-corrected chi connectivity index (χ2v) is 5.67. The van der Waals surface area contributed by atoms with Crippen LogP contribution in [-0.2, 0) is 0 Å². The molecule has 1 aromatic rings. The summed E-state index contributed by atoms with van der Waals surface area (Å²) in [5.41, 5.74) is 0. The van der Waals surface area contributed by atoms with Crippen molar-refractivity contribution in [2.24, 2.45) is 5.92 Å². The van der Waals surface area contributed by atoms with Gasteiger partial charge in [0.05, 0.1) is 12.2 Å². The monoisotopic (exact) mass is 295 g/mol. The molecule has 2 atom stereocenters. The van der Waals surface area contributed by atoms with E-state index >= 15 is 0 Å². The molecule has 21 heavy (non-hydrogen) atoms. The maximum Gasteiger partial charge on any atom is 0.323 e. The van der Waals surface area contributed by atoms with Crippen molar-refractivity contribution in [2.45, 2.75) is 51.7 Å². The topological polar surface area (TPSA) is 92.2 Å². The van der Waals surface area contributed by atoms with Crippen LogP contribution in [0, 0.1) is 5.92 Å². The van der Waals surface area contributed by atoms with Gasteiger partial charge in [0.2, 0.25) is 11.9 Å². The molecule has 1 saturated carbocycles. The Kier molecular flexibility index (Phi) is 5.55. The molecule has 1 aliphatic carbocycles. The number of nitrogens with one attached hydrogen (secondary N) is 2. The zero-order valence-electron chi connectivity index (χ0n) is 13.0. The van der Waals surface area contributed by atoms with Crippen LogP contribution in [0.5, 0.6) is 6.01 Å². The van der Waals surface area contributed by atoms with E-state index in [9.17, 15) is 5.11 Å². The summed E-state index contributed by atoms with van der Waals surface area (Å²) in [4.78, 5) is 12.7. The van der Waals surface area contributed by atoms with E-state index in [0.717, 1.165) is 19.3 Å². The average molecular weight is 295 g/mol. The van der Waals surface area contributed by atoms with Crippen LogP contribution in [0.4, 0.5) is 11.9 Å². The molecular weight excluding hydrogens is 270 g/mol. The molecule has 0 radical (unpaired) electrons. The predicted octanol–water partition coefficient (Wildman–Crippen LogP) is 1.66. The summed E-state index contributed by atoms with van der Waals surface area (Å²) < 4.78 is 5.52. The van der Waals surface area contributed by atoms with Crippen LogP contribution in [0.25, 0.3) is 0 Å². The van der Waals surface area contributed by atoms with E-state index in [2.05, 4.69) is 25.6 Å². The van der Waals surface area contributed by atoms with Crippen LogP contribution < -0.4 is 15.4 Å². The van der Waals surface area contributed by atoms with Gasteiger partial charge in [-0.2, -0.15) is 15.0 Å². The van der Waals surface area contributed by atoms with E-state index in [1.165, 1.54) is 6.42 Å². The zero-order chi connectivity index (χ0) is 15.2. The van der Waals surface area contributed by atoms with Crippen molar-refractivity contribution >= 4 is 11.9 Å². The number of anilines is 2. The molecule has 7 heteroatoms. The molecule has 0 aliphatic heterocycles. The van der Waals surface area contributed by atoms with Crippen molar-refractivity contribution in [2.75, 3.05) is 24.2 Å². The fraction of sp³-hybridized carbons (Fsp3) is 0.786. The molecule has 2 rings (SSSR count). The standard InChI is InChI=1S/C14H25N5O2/c1-9(2)21-14-18-12(15-3)17-13(19-14)16-8-10-6-4-5-7-11(10)20/h9-11,20H,4-8H2,1-3H3,(H2,15,16,17,18,19). The third-order valence-corrected chi connectivity index (χ3v) is 3.57. The summed E-state index contributed by atoms with van der Waals surface area (Å²) in [6.07, 6.45) is 3.97. The number of hydrogen-bond donors (Lipinski definition) is 3. The number of aliphatic hydroxyl groups excluding tert-OH is 1. The Morgan fingerprint density at radius 3 is 2.57 bits per heavy atom. The van der Waals surface area contributed by atoms with Gasteiger partial charge in [-0.25, -0.2) is 0 Å². The van der Waals surface area contributed by atoms with Crippen LogP contribution in [0.15, 0.2) is 0 Å². The van der Waals surface area contributed by atoms with Crippen molar-refractivity contribution in [1.82, 2.24) is 15.0 Å². The van der Waals surface area contributed by atoms with Crippen LogP contribution >= 0.6 is 0 Å². The lowest BCUT2D eigenvalue weighted by atomic mass is 9.86. The Morgan fingerprint density at radius 2 is 1.90 bits per heavy atom. The zero-order valence-corrected chi connectivity index (χ0v) is 13.0. The number of rotatable bonds is 6. The van der Waals surface area contributed by atoms with E-state index in [4.69, 9.17) is 4.74 Å². The first-order valence-corrected chi connectivity index (χ1v) is 7.61. The Bertz CT molecular complexity index is 455. The minimum absolute atomic E-state index is 0.00474. The first-order valence-electron chi connectivity index (χ1n) is 7.61. The van der Waals surface area contributed by atoms with E-state index in [-0.39, 0.29) is 18.1 Å². The normalized spacial score (nSPS) is 22.1. The molecule has 7 nitrogen and oxygen atoms in total. The molecule has 0 spiro atoms. The molecule has 2 unspecified atom stereocenters.